The van der Waals surface area contributed by atoms with Crippen LogP contribution in [0.25, 0.3) is 0 Å². The number of fused-ring (bicyclic) bond motifs is 5. The Kier molecular flexibility index (Phi) is 6.13. The highest BCUT2D eigenvalue weighted by atomic mass is 16.3. The lowest BCUT2D eigenvalue weighted by Crippen LogP contribution is -2.56. The van der Waals surface area contributed by atoms with Gasteiger partial charge < -0.3 is 10.2 Å². The van der Waals surface area contributed by atoms with Gasteiger partial charge in [-0.25, -0.2) is 0 Å². The van der Waals surface area contributed by atoms with Crippen molar-refractivity contribution in [2.75, 3.05) is 0 Å². The maximum absolute atomic E-state index is 11.0. The van der Waals surface area contributed by atoms with Crippen molar-refractivity contribution < 1.29 is 10.2 Å². The van der Waals surface area contributed by atoms with E-state index in [1.165, 1.54) is 44.9 Å². The molecule has 4 aliphatic rings. The van der Waals surface area contributed by atoms with Crippen LogP contribution in [-0.4, -0.2) is 21.9 Å². The van der Waals surface area contributed by atoms with Gasteiger partial charge in [0, 0.05) is 6.42 Å². The molecule has 4 rings (SSSR count). The minimum Gasteiger partial charge on any atom is -0.392 e. The molecule has 2 nitrogen and oxygen atoms in total. The Labute approximate surface area is 185 Å². The molecule has 0 heterocycles. The second-order valence-corrected chi connectivity index (χ2v) is 12.2. The molecule has 4 saturated carbocycles. The summed E-state index contributed by atoms with van der Waals surface area (Å²) in [5.41, 5.74) is 0.431. The van der Waals surface area contributed by atoms with Crippen LogP contribution >= 0.6 is 0 Å². The first-order valence-electron chi connectivity index (χ1n) is 13.0. The second-order valence-electron chi connectivity index (χ2n) is 12.2. The largest absolute Gasteiger partial charge is 0.392 e. The number of hydrogen-bond donors (Lipinski definition) is 2. The Morgan fingerprint density at radius 1 is 0.967 bits per heavy atom. The molecular weight excluding hydrogens is 368 g/mol. The zero-order valence-electron chi connectivity index (χ0n) is 20.2. The molecule has 0 aromatic carbocycles. The van der Waals surface area contributed by atoms with E-state index >= 15 is 0 Å². The lowest BCUT2D eigenvalue weighted by atomic mass is 9.43. The van der Waals surface area contributed by atoms with E-state index in [9.17, 15) is 10.2 Å². The molecule has 0 aliphatic heterocycles. The first-order chi connectivity index (χ1) is 14.2. The average molecular weight is 415 g/mol. The molecule has 0 radical (unpaired) electrons. The van der Waals surface area contributed by atoms with Crippen LogP contribution in [0.3, 0.4) is 0 Å². The van der Waals surface area contributed by atoms with Gasteiger partial charge in [0.2, 0.25) is 0 Å². The van der Waals surface area contributed by atoms with E-state index in [0.29, 0.717) is 35.0 Å². The van der Waals surface area contributed by atoms with Crippen LogP contribution in [-0.2, 0) is 0 Å². The quantitative estimate of drug-likeness (QED) is 0.538. The topological polar surface area (TPSA) is 40.5 Å². The molecular formula is C28H46O2. The van der Waals surface area contributed by atoms with Gasteiger partial charge in [0.1, 0.15) is 0 Å². The SMILES string of the molecule is CC#CC[C@@H](O)[C@@H](C)[C@H]1CC[C@H]2[C@@H]3CC[C@H]4C[C@](O)(CC)CC[C@]4(C)[C@H]3CC[C@]12C. The standard InChI is InChI=1S/C28H46O2/c1-6-8-9-25(29)19(3)22-12-13-23-21-11-10-20-18-28(30,7-2)17-16-26(20,4)24(21)14-15-27(22,23)5/h19-25,29-30H,7,9-18H2,1-5H3/t19-,20-,21-,22+,23-,24-,25+,26-,27+,28-/m0/s1. The Balaban J connectivity index is 1.52. The number of rotatable bonds is 4. The van der Waals surface area contributed by atoms with Crippen LogP contribution in [0.15, 0.2) is 0 Å². The van der Waals surface area contributed by atoms with Gasteiger partial charge in [0.05, 0.1) is 11.7 Å². The van der Waals surface area contributed by atoms with Gasteiger partial charge in [-0.2, -0.15) is 0 Å². The molecule has 170 valence electrons. The van der Waals surface area contributed by atoms with E-state index < -0.39 is 5.60 Å². The average Bonchev–Trinajstić information content (AvgIpc) is 3.09. The van der Waals surface area contributed by atoms with Crippen LogP contribution in [0, 0.1) is 58.2 Å². The minimum absolute atomic E-state index is 0.283. The minimum atomic E-state index is -0.397. The maximum Gasteiger partial charge on any atom is 0.0677 e. The fourth-order valence-electron chi connectivity index (χ4n) is 9.21. The van der Waals surface area contributed by atoms with Crippen LogP contribution in [0.5, 0.6) is 0 Å². The van der Waals surface area contributed by atoms with Crippen molar-refractivity contribution in [3.8, 4) is 11.8 Å². The highest BCUT2D eigenvalue weighted by molar-refractivity contribution is 5.11. The Bertz CT molecular complexity index is 690. The van der Waals surface area contributed by atoms with Gasteiger partial charge in [-0.1, -0.05) is 27.7 Å². The molecule has 30 heavy (non-hydrogen) atoms. The summed E-state index contributed by atoms with van der Waals surface area (Å²) in [7, 11) is 0. The zero-order valence-corrected chi connectivity index (χ0v) is 20.2. The third kappa shape index (κ3) is 3.47. The molecule has 0 unspecified atom stereocenters. The molecule has 0 saturated heterocycles. The first kappa shape index (κ1) is 22.7. The summed E-state index contributed by atoms with van der Waals surface area (Å²) in [6.07, 6.45) is 12.6. The third-order valence-corrected chi connectivity index (χ3v) is 11.3. The Hall–Kier alpha value is -0.520. The molecule has 0 bridgehead atoms. The van der Waals surface area contributed by atoms with E-state index in [-0.39, 0.29) is 6.10 Å². The smallest absolute Gasteiger partial charge is 0.0677 e. The Morgan fingerprint density at radius 3 is 2.40 bits per heavy atom. The fourth-order valence-corrected chi connectivity index (χ4v) is 9.21. The van der Waals surface area contributed by atoms with E-state index in [0.717, 1.165) is 37.0 Å². The number of hydrogen-bond acceptors (Lipinski definition) is 2. The predicted molar refractivity (Wildman–Crippen MR) is 124 cm³/mol. The van der Waals surface area contributed by atoms with Gasteiger partial charge >= 0.3 is 0 Å². The van der Waals surface area contributed by atoms with Crippen molar-refractivity contribution in [3.63, 3.8) is 0 Å². The summed E-state index contributed by atoms with van der Waals surface area (Å²) in [6.45, 7) is 11.5. The molecule has 0 amide bonds. The van der Waals surface area contributed by atoms with Crippen LogP contribution in [0.2, 0.25) is 0 Å². The van der Waals surface area contributed by atoms with Crippen molar-refractivity contribution in [3.05, 3.63) is 0 Å². The lowest BCUT2D eigenvalue weighted by molar-refractivity contribution is -0.154. The van der Waals surface area contributed by atoms with Crippen LogP contribution in [0.1, 0.15) is 105 Å². The predicted octanol–water partition coefficient (Wildman–Crippen LogP) is 6.20. The maximum atomic E-state index is 11.0. The molecule has 2 heteroatoms. The molecule has 4 fully saturated rings. The third-order valence-electron chi connectivity index (χ3n) is 11.3. The Morgan fingerprint density at radius 2 is 1.70 bits per heavy atom. The van der Waals surface area contributed by atoms with Crippen molar-refractivity contribution in [1.82, 2.24) is 0 Å². The summed E-state index contributed by atoms with van der Waals surface area (Å²) < 4.78 is 0. The molecule has 0 aromatic heterocycles. The van der Waals surface area contributed by atoms with Crippen LogP contribution < -0.4 is 0 Å². The number of aliphatic hydroxyl groups is 2. The first-order valence-corrected chi connectivity index (χ1v) is 13.0. The van der Waals surface area contributed by atoms with Gasteiger partial charge in [-0.3, -0.25) is 0 Å². The van der Waals surface area contributed by atoms with Gasteiger partial charge in [0.25, 0.3) is 0 Å². The van der Waals surface area contributed by atoms with Gasteiger partial charge in [-0.05, 0) is 117 Å². The van der Waals surface area contributed by atoms with E-state index in [1.54, 1.807) is 0 Å². The van der Waals surface area contributed by atoms with Crippen LogP contribution in [0.4, 0.5) is 0 Å². The summed E-state index contributed by atoms with van der Waals surface area (Å²) >= 11 is 0. The molecule has 4 aliphatic carbocycles. The zero-order chi connectivity index (χ0) is 21.7. The second kappa shape index (κ2) is 8.12. The molecule has 2 N–H and O–H groups in total. The van der Waals surface area contributed by atoms with E-state index in [2.05, 4.69) is 39.5 Å². The molecule has 10 atom stereocenters. The lowest BCUT2D eigenvalue weighted by Gasteiger charge is -2.62. The summed E-state index contributed by atoms with van der Waals surface area (Å²) in [5, 5.41) is 21.8. The monoisotopic (exact) mass is 414 g/mol. The highest BCUT2D eigenvalue weighted by Crippen LogP contribution is 2.69. The molecule has 0 aromatic rings. The summed E-state index contributed by atoms with van der Waals surface area (Å²) in [4.78, 5) is 0. The normalized spacial score (nSPS) is 49.8. The number of aliphatic hydroxyl groups excluding tert-OH is 1. The van der Waals surface area contributed by atoms with Crippen molar-refractivity contribution in [1.29, 1.82) is 0 Å². The van der Waals surface area contributed by atoms with Crippen molar-refractivity contribution in [2.45, 2.75) is 117 Å². The highest BCUT2D eigenvalue weighted by Gasteiger charge is 2.61. The van der Waals surface area contributed by atoms with Gasteiger partial charge in [0.15, 0.2) is 0 Å². The summed E-state index contributed by atoms with van der Waals surface area (Å²) in [5.74, 6) is 10.3. The molecule has 0 spiro atoms. The van der Waals surface area contributed by atoms with E-state index in [4.69, 9.17) is 0 Å². The fraction of sp³-hybridized carbons (Fsp3) is 0.929. The van der Waals surface area contributed by atoms with Crippen molar-refractivity contribution in [2.24, 2.45) is 46.3 Å². The summed E-state index contributed by atoms with van der Waals surface area (Å²) in [6, 6.07) is 0. The van der Waals surface area contributed by atoms with Crippen molar-refractivity contribution >= 4 is 0 Å². The van der Waals surface area contributed by atoms with E-state index in [1.807, 2.05) is 6.92 Å². The van der Waals surface area contributed by atoms with Gasteiger partial charge in [-0.15, -0.1) is 11.8 Å².